The molecule has 0 saturated heterocycles. The van der Waals surface area contributed by atoms with E-state index in [1.54, 1.807) is 0 Å². The molecule has 0 unspecified atom stereocenters. The maximum Gasteiger partial charge on any atom is 0.170 e. The molecular formula is C36H62O4. The van der Waals surface area contributed by atoms with Crippen molar-refractivity contribution in [3.05, 3.63) is 29.8 Å². The fourth-order valence-corrected chi connectivity index (χ4v) is 5.49. The third-order valence-electron chi connectivity index (χ3n) is 8.03. The smallest absolute Gasteiger partial charge is 0.170 e. The van der Waals surface area contributed by atoms with E-state index in [0.717, 1.165) is 31.4 Å². The van der Waals surface area contributed by atoms with E-state index < -0.39 is 0 Å². The van der Waals surface area contributed by atoms with Crippen LogP contribution in [0, 0.1) is 0 Å². The van der Waals surface area contributed by atoms with Crippen molar-refractivity contribution in [2.24, 2.45) is 0 Å². The molecule has 3 N–H and O–H groups in total. The second-order valence-corrected chi connectivity index (χ2v) is 11.9. The molecule has 0 spiro atoms. The molecule has 0 aromatic heterocycles. The average molecular weight is 559 g/mol. The highest BCUT2D eigenvalue weighted by Gasteiger charge is 2.17. The SMILES string of the molecule is CCCCCC=CCCCCCCCCCCCCCCCCCCCCCCC(=O)c1c(O)cc(O)cc1O. The summed E-state index contributed by atoms with van der Waals surface area (Å²) in [5, 5.41) is 29.0. The molecule has 40 heavy (non-hydrogen) atoms. The Morgan fingerprint density at radius 2 is 0.850 bits per heavy atom. The molecule has 230 valence electrons. The quantitative estimate of drug-likeness (QED) is 0.0543. The van der Waals surface area contributed by atoms with Crippen molar-refractivity contribution >= 4 is 5.78 Å². The third kappa shape index (κ3) is 20.0. The lowest BCUT2D eigenvalue weighted by Gasteiger charge is -2.07. The van der Waals surface area contributed by atoms with E-state index in [0.29, 0.717) is 6.42 Å². The van der Waals surface area contributed by atoms with Crippen LogP contribution in [0.3, 0.4) is 0 Å². The lowest BCUT2D eigenvalue weighted by Crippen LogP contribution is -2.00. The highest BCUT2D eigenvalue weighted by molar-refractivity contribution is 6.01. The molecule has 0 fully saturated rings. The van der Waals surface area contributed by atoms with E-state index in [-0.39, 0.29) is 28.6 Å². The van der Waals surface area contributed by atoms with Gasteiger partial charge in [0.1, 0.15) is 22.8 Å². The summed E-state index contributed by atoms with van der Waals surface area (Å²) in [6, 6.07) is 2.18. The maximum absolute atomic E-state index is 12.2. The summed E-state index contributed by atoms with van der Waals surface area (Å²) in [6.45, 7) is 2.27. The number of ketones is 1. The van der Waals surface area contributed by atoms with E-state index in [1.807, 2.05) is 0 Å². The van der Waals surface area contributed by atoms with Gasteiger partial charge < -0.3 is 15.3 Å². The van der Waals surface area contributed by atoms with Gasteiger partial charge in [-0.2, -0.15) is 0 Å². The number of hydrogen-bond donors (Lipinski definition) is 3. The molecule has 4 nitrogen and oxygen atoms in total. The molecule has 0 aliphatic rings. The number of benzene rings is 1. The van der Waals surface area contributed by atoms with E-state index in [2.05, 4.69) is 19.1 Å². The van der Waals surface area contributed by atoms with Crippen molar-refractivity contribution in [2.45, 2.75) is 174 Å². The Bertz CT molecular complexity index is 747. The van der Waals surface area contributed by atoms with Crippen molar-refractivity contribution < 1.29 is 20.1 Å². The third-order valence-corrected chi connectivity index (χ3v) is 8.03. The first-order chi connectivity index (χ1) is 19.6. The van der Waals surface area contributed by atoms with Crippen molar-refractivity contribution in [3.63, 3.8) is 0 Å². The van der Waals surface area contributed by atoms with Crippen LogP contribution in [0.25, 0.3) is 0 Å². The van der Waals surface area contributed by atoms with Gasteiger partial charge in [0.25, 0.3) is 0 Å². The minimum Gasteiger partial charge on any atom is -0.508 e. The van der Waals surface area contributed by atoms with Gasteiger partial charge in [-0.1, -0.05) is 147 Å². The number of phenolic OH excluding ortho intramolecular Hbond substituents is 3. The van der Waals surface area contributed by atoms with Gasteiger partial charge in [0.15, 0.2) is 5.78 Å². The van der Waals surface area contributed by atoms with E-state index >= 15 is 0 Å². The molecular weight excluding hydrogens is 496 g/mol. The van der Waals surface area contributed by atoms with E-state index in [9.17, 15) is 20.1 Å². The van der Waals surface area contributed by atoms with Crippen molar-refractivity contribution in [1.29, 1.82) is 0 Å². The molecule has 4 heteroatoms. The Kier molecular flexibility index (Phi) is 23.4. The van der Waals surface area contributed by atoms with Crippen molar-refractivity contribution in [2.75, 3.05) is 0 Å². The average Bonchev–Trinajstić information content (AvgIpc) is 2.92. The predicted octanol–water partition coefficient (Wildman–Crippen LogP) is 11.7. The topological polar surface area (TPSA) is 77.8 Å². The van der Waals surface area contributed by atoms with Gasteiger partial charge in [-0.05, 0) is 32.1 Å². The molecule has 0 radical (unpaired) electrons. The minimum atomic E-state index is -0.356. The Labute approximate surface area is 246 Å². The first-order valence-electron chi connectivity index (χ1n) is 17.0. The molecule has 0 bridgehead atoms. The molecule has 1 aromatic rings. The zero-order valence-electron chi connectivity index (χ0n) is 25.9. The van der Waals surface area contributed by atoms with Crippen LogP contribution >= 0.6 is 0 Å². The standard InChI is InChI=1S/C36H62O4/c1-2-3-4-5-6-7-8-9-10-11-12-13-14-15-16-17-18-19-20-21-22-23-24-25-26-27-28-29-33(38)36-34(39)30-32(37)31-35(36)40/h6-7,30-31,37,39-40H,2-5,8-29H2,1H3. The molecule has 1 aromatic carbocycles. The van der Waals surface area contributed by atoms with Crippen LogP contribution in [0.5, 0.6) is 17.2 Å². The Balaban J connectivity index is 1.76. The van der Waals surface area contributed by atoms with Gasteiger partial charge in [-0.3, -0.25) is 4.79 Å². The Hall–Kier alpha value is -1.97. The second-order valence-electron chi connectivity index (χ2n) is 11.9. The van der Waals surface area contributed by atoms with Crippen LogP contribution in [0.15, 0.2) is 24.3 Å². The predicted molar refractivity (Wildman–Crippen MR) is 171 cm³/mol. The number of carbonyl (C=O) groups excluding carboxylic acids is 1. The number of allylic oxidation sites excluding steroid dienone is 2. The zero-order valence-corrected chi connectivity index (χ0v) is 25.9. The van der Waals surface area contributed by atoms with Crippen molar-refractivity contribution in [1.82, 2.24) is 0 Å². The second kappa shape index (κ2) is 26.0. The highest BCUT2D eigenvalue weighted by atomic mass is 16.3. The summed E-state index contributed by atoms with van der Waals surface area (Å²) in [7, 11) is 0. The lowest BCUT2D eigenvalue weighted by molar-refractivity contribution is 0.0973. The summed E-state index contributed by atoms with van der Waals surface area (Å²) < 4.78 is 0. The molecule has 0 saturated carbocycles. The number of rotatable bonds is 28. The van der Waals surface area contributed by atoms with Crippen LogP contribution in [0.1, 0.15) is 184 Å². The number of Topliss-reactive ketones (excluding diaryl/α,β-unsaturated/α-hetero) is 1. The molecule has 1 rings (SSSR count). The lowest BCUT2D eigenvalue weighted by atomic mass is 10.0. The van der Waals surface area contributed by atoms with Crippen LogP contribution in [0.4, 0.5) is 0 Å². The first-order valence-corrected chi connectivity index (χ1v) is 17.0. The first kappa shape index (κ1) is 36.1. The summed E-state index contributed by atoms with van der Waals surface area (Å²) in [5.74, 6) is -1.23. The van der Waals surface area contributed by atoms with Crippen LogP contribution in [-0.2, 0) is 0 Å². The van der Waals surface area contributed by atoms with Crippen molar-refractivity contribution in [3.8, 4) is 17.2 Å². The van der Waals surface area contributed by atoms with Gasteiger partial charge in [-0.15, -0.1) is 0 Å². The van der Waals surface area contributed by atoms with E-state index in [4.69, 9.17) is 0 Å². The number of phenols is 3. The Morgan fingerprint density at radius 3 is 1.23 bits per heavy atom. The molecule has 0 amide bonds. The maximum atomic E-state index is 12.2. The van der Waals surface area contributed by atoms with Gasteiger partial charge >= 0.3 is 0 Å². The Morgan fingerprint density at radius 1 is 0.525 bits per heavy atom. The number of carbonyl (C=O) groups is 1. The number of aromatic hydroxyl groups is 3. The molecule has 0 atom stereocenters. The van der Waals surface area contributed by atoms with E-state index in [1.165, 1.54) is 141 Å². The minimum absolute atomic E-state index is 0.0778. The van der Waals surface area contributed by atoms with Gasteiger partial charge in [-0.25, -0.2) is 0 Å². The fraction of sp³-hybridized carbons (Fsp3) is 0.750. The molecule has 0 heterocycles. The highest BCUT2D eigenvalue weighted by Crippen LogP contribution is 2.33. The summed E-state index contributed by atoms with van der Waals surface area (Å²) in [4.78, 5) is 12.2. The van der Waals surface area contributed by atoms with Gasteiger partial charge in [0, 0.05) is 18.6 Å². The molecule has 0 aliphatic heterocycles. The van der Waals surface area contributed by atoms with Crippen LogP contribution in [0.2, 0.25) is 0 Å². The number of hydrogen-bond acceptors (Lipinski definition) is 4. The molecule has 0 aliphatic carbocycles. The monoisotopic (exact) mass is 558 g/mol. The van der Waals surface area contributed by atoms with Crippen LogP contribution in [-0.4, -0.2) is 21.1 Å². The van der Waals surface area contributed by atoms with Crippen LogP contribution < -0.4 is 0 Å². The summed E-state index contributed by atoms with van der Waals surface area (Å²) in [5.41, 5.74) is -0.0778. The van der Waals surface area contributed by atoms with Gasteiger partial charge in [0.2, 0.25) is 0 Å². The summed E-state index contributed by atoms with van der Waals surface area (Å²) in [6.07, 6.45) is 38.0. The fourth-order valence-electron chi connectivity index (χ4n) is 5.49. The van der Waals surface area contributed by atoms with Gasteiger partial charge in [0.05, 0.1) is 0 Å². The zero-order chi connectivity index (χ0) is 29.1. The normalized spacial score (nSPS) is 11.5. The largest absolute Gasteiger partial charge is 0.508 e. The summed E-state index contributed by atoms with van der Waals surface area (Å²) >= 11 is 0. The number of unbranched alkanes of at least 4 members (excludes halogenated alkanes) is 23.